The maximum atomic E-state index is 13.3. The van der Waals surface area contributed by atoms with E-state index in [2.05, 4.69) is 15.5 Å². The molecule has 2 atom stereocenters. The van der Waals surface area contributed by atoms with Crippen molar-refractivity contribution in [2.45, 2.75) is 44.6 Å². The highest BCUT2D eigenvalue weighted by Gasteiger charge is 2.31. The molecule has 2 heterocycles. The van der Waals surface area contributed by atoms with Crippen molar-refractivity contribution in [3.63, 3.8) is 0 Å². The fourth-order valence-corrected chi connectivity index (χ4v) is 3.82. The molecule has 1 aromatic heterocycles. The summed E-state index contributed by atoms with van der Waals surface area (Å²) >= 11 is 0. The second kappa shape index (κ2) is 6.46. The standard InChI is InChI=1S/C18H21FN4O2/c1-11-20-17(25-22-11)13-3-2-8-23(10-13)18(24)21-16-7-4-12-9-14(19)5-6-15(12)16/h5-6,9,13,16H,2-4,7-8,10H2,1H3,(H,21,24). The lowest BCUT2D eigenvalue weighted by Crippen LogP contribution is -2.45. The van der Waals surface area contributed by atoms with Crippen molar-refractivity contribution in [3.8, 4) is 0 Å². The van der Waals surface area contributed by atoms with Crippen molar-refractivity contribution in [3.05, 3.63) is 46.9 Å². The van der Waals surface area contributed by atoms with Crippen LogP contribution in [-0.2, 0) is 6.42 Å². The number of nitrogens with one attached hydrogen (secondary N) is 1. The summed E-state index contributed by atoms with van der Waals surface area (Å²) in [6, 6.07) is 4.68. The van der Waals surface area contributed by atoms with E-state index in [4.69, 9.17) is 4.52 Å². The summed E-state index contributed by atoms with van der Waals surface area (Å²) in [4.78, 5) is 18.8. The number of aryl methyl sites for hydroxylation is 2. The van der Waals surface area contributed by atoms with Crippen LogP contribution in [0.25, 0.3) is 0 Å². The van der Waals surface area contributed by atoms with E-state index in [0.29, 0.717) is 18.3 Å². The molecule has 0 bridgehead atoms. The Kier molecular flexibility index (Phi) is 4.15. The molecule has 4 rings (SSSR count). The lowest BCUT2D eigenvalue weighted by Gasteiger charge is -2.32. The van der Waals surface area contributed by atoms with Gasteiger partial charge >= 0.3 is 6.03 Å². The first-order valence-corrected chi connectivity index (χ1v) is 8.74. The van der Waals surface area contributed by atoms with Crippen LogP contribution >= 0.6 is 0 Å². The van der Waals surface area contributed by atoms with Gasteiger partial charge in [0.25, 0.3) is 0 Å². The van der Waals surface area contributed by atoms with Crippen molar-refractivity contribution in [2.75, 3.05) is 13.1 Å². The number of carbonyl (C=O) groups excluding carboxylic acids is 1. The third-order valence-corrected chi connectivity index (χ3v) is 5.08. The number of fused-ring (bicyclic) bond motifs is 1. The van der Waals surface area contributed by atoms with Gasteiger partial charge in [0.05, 0.1) is 12.0 Å². The van der Waals surface area contributed by atoms with E-state index in [1.807, 2.05) is 4.90 Å². The van der Waals surface area contributed by atoms with Gasteiger partial charge in [0.1, 0.15) is 5.82 Å². The summed E-state index contributed by atoms with van der Waals surface area (Å²) in [5, 5.41) is 6.94. The number of urea groups is 1. The van der Waals surface area contributed by atoms with Crippen LogP contribution in [0.5, 0.6) is 0 Å². The molecule has 1 aliphatic carbocycles. The van der Waals surface area contributed by atoms with E-state index in [-0.39, 0.29) is 23.8 Å². The van der Waals surface area contributed by atoms with Gasteiger partial charge in [-0.3, -0.25) is 0 Å². The number of hydrogen-bond acceptors (Lipinski definition) is 4. The van der Waals surface area contributed by atoms with Crippen molar-refractivity contribution in [1.29, 1.82) is 0 Å². The normalized spacial score (nSPS) is 22.7. The Morgan fingerprint density at radius 3 is 3.08 bits per heavy atom. The molecule has 1 fully saturated rings. The summed E-state index contributed by atoms with van der Waals surface area (Å²) in [5.74, 6) is 1.09. The van der Waals surface area contributed by atoms with Crippen LogP contribution in [0.3, 0.4) is 0 Å². The molecule has 2 aliphatic rings. The number of piperidine rings is 1. The molecule has 1 N–H and O–H groups in total. The number of hydrogen-bond donors (Lipinski definition) is 1. The number of aromatic nitrogens is 2. The van der Waals surface area contributed by atoms with Gasteiger partial charge in [-0.2, -0.15) is 4.98 Å². The zero-order valence-corrected chi connectivity index (χ0v) is 14.2. The van der Waals surface area contributed by atoms with Gasteiger partial charge in [0, 0.05) is 13.1 Å². The molecule has 7 heteroatoms. The van der Waals surface area contributed by atoms with Gasteiger partial charge in [0.15, 0.2) is 5.82 Å². The summed E-state index contributed by atoms with van der Waals surface area (Å²) in [7, 11) is 0. The lowest BCUT2D eigenvalue weighted by molar-refractivity contribution is 0.168. The van der Waals surface area contributed by atoms with E-state index < -0.39 is 0 Å². The summed E-state index contributed by atoms with van der Waals surface area (Å²) in [6.07, 6.45) is 3.45. The number of nitrogens with zero attached hydrogens (tertiary/aromatic N) is 3. The predicted octanol–water partition coefficient (Wildman–Crippen LogP) is 3.09. The van der Waals surface area contributed by atoms with Crippen LogP contribution in [0.1, 0.15) is 54.1 Å². The molecule has 132 valence electrons. The molecule has 25 heavy (non-hydrogen) atoms. The Morgan fingerprint density at radius 2 is 2.28 bits per heavy atom. The highest BCUT2D eigenvalue weighted by atomic mass is 19.1. The molecule has 2 amide bonds. The minimum atomic E-state index is -0.223. The fourth-order valence-electron chi connectivity index (χ4n) is 3.82. The topological polar surface area (TPSA) is 71.3 Å². The molecular formula is C18H21FN4O2. The second-order valence-corrected chi connectivity index (χ2v) is 6.85. The van der Waals surface area contributed by atoms with Crippen LogP contribution in [0.2, 0.25) is 0 Å². The average molecular weight is 344 g/mol. The average Bonchev–Trinajstić information content (AvgIpc) is 3.21. The zero-order chi connectivity index (χ0) is 17.4. The lowest BCUT2D eigenvalue weighted by atomic mass is 9.98. The van der Waals surface area contributed by atoms with Gasteiger partial charge in [-0.15, -0.1) is 0 Å². The number of benzene rings is 1. The highest BCUT2D eigenvalue weighted by Crippen LogP contribution is 2.32. The molecule has 0 saturated carbocycles. The molecule has 2 aromatic rings. The predicted molar refractivity (Wildman–Crippen MR) is 88.6 cm³/mol. The number of halogens is 1. The van der Waals surface area contributed by atoms with E-state index >= 15 is 0 Å². The molecule has 6 nitrogen and oxygen atoms in total. The summed E-state index contributed by atoms with van der Waals surface area (Å²) in [5.41, 5.74) is 2.01. The van der Waals surface area contributed by atoms with Crippen LogP contribution in [0, 0.1) is 12.7 Å². The Hall–Kier alpha value is -2.44. The van der Waals surface area contributed by atoms with Crippen LogP contribution in [0.4, 0.5) is 9.18 Å². The first-order chi connectivity index (χ1) is 12.1. The van der Waals surface area contributed by atoms with E-state index in [1.165, 1.54) is 6.07 Å². The zero-order valence-electron chi connectivity index (χ0n) is 14.2. The third kappa shape index (κ3) is 3.23. The molecule has 0 spiro atoms. The Labute approximate surface area is 145 Å². The summed E-state index contributed by atoms with van der Waals surface area (Å²) in [6.45, 7) is 3.09. The number of likely N-dealkylation sites (tertiary alicyclic amines) is 1. The molecule has 1 aliphatic heterocycles. The first kappa shape index (κ1) is 16.1. The molecule has 0 radical (unpaired) electrons. The van der Waals surface area contributed by atoms with Crippen LogP contribution < -0.4 is 5.32 Å². The maximum Gasteiger partial charge on any atom is 0.317 e. The highest BCUT2D eigenvalue weighted by molar-refractivity contribution is 5.75. The SMILES string of the molecule is Cc1noc(C2CCCN(C(=O)NC3CCc4cc(F)ccc43)C2)n1. The van der Waals surface area contributed by atoms with Gasteiger partial charge < -0.3 is 14.7 Å². The van der Waals surface area contributed by atoms with Gasteiger partial charge in [-0.05, 0) is 55.9 Å². The maximum absolute atomic E-state index is 13.3. The van der Waals surface area contributed by atoms with Gasteiger partial charge in [-0.25, -0.2) is 9.18 Å². The van der Waals surface area contributed by atoms with Crippen molar-refractivity contribution in [1.82, 2.24) is 20.4 Å². The molecule has 2 unspecified atom stereocenters. The van der Waals surface area contributed by atoms with E-state index in [9.17, 15) is 9.18 Å². The van der Waals surface area contributed by atoms with Gasteiger partial charge in [0.2, 0.25) is 5.89 Å². The largest absolute Gasteiger partial charge is 0.339 e. The number of carbonyl (C=O) groups is 1. The van der Waals surface area contributed by atoms with E-state index in [1.54, 1.807) is 19.1 Å². The minimum absolute atomic E-state index is 0.0471. The monoisotopic (exact) mass is 344 g/mol. The van der Waals surface area contributed by atoms with Crippen molar-refractivity contribution in [2.24, 2.45) is 0 Å². The smallest absolute Gasteiger partial charge is 0.317 e. The van der Waals surface area contributed by atoms with Crippen molar-refractivity contribution >= 4 is 6.03 Å². The number of rotatable bonds is 2. The first-order valence-electron chi connectivity index (χ1n) is 8.74. The fraction of sp³-hybridized carbons (Fsp3) is 0.500. The Morgan fingerprint density at radius 1 is 1.40 bits per heavy atom. The second-order valence-electron chi connectivity index (χ2n) is 6.85. The van der Waals surface area contributed by atoms with E-state index in [0.717, 1.165) is 43.4 Å². The number of amides is 2. The Balaban J connectivity index is 1.42. The molecule has 1 aromatic carbocycles. The van der Waals surface area contributed by atoms with Crippen LogP contribution in [0.15, 0.2) is 22.7 Å². The Bertz CT molecular complexity index is 791. The van der Waals surface area contributed by atoms with Crippen molar-refractivity contribution < 1.29 is 13.7 Å². The third-order valence-electron chi connectivity index (χ3n) is 5.08. The van der Waals surface area contributed by atoms with Gasteiger partial charge in [-0.1, -0.05) is 11.2 Å². The van der Waals surface area contributed by atoms with Crippen LogP contribution in [-0.4, -0.2) is 34.2 Å². The molecule has 1 saturated heterocycles. The quantitative estimate of drug-likeness (QED) is 0.909. The molecular weight excluding hydrogens is 323 g/mol. The minimum Gasteiger partial charge on any atom is -0.339 e. The summed E-state index contributed by atoms with van der Waals surface area (Å²) < 4.78 is 18.6.